The van der Waals surface area contributed by atoms with Crippen LogP contribution in [0, 0.1) is 5.92 Å². The van der Waals surface area contributed by atoms with Gasteiger partial charge in [-0.1, -0.05) is 0 Å². The molecule has 0 N–H and O–H groups in total. The van der Waals surface area contributed by atoms with Crippen LogP contribution in [0.25, 0.3) is 0 Å². The molecule has 2 heterocycles. The minimum atomic E-state index is 0.0103. The van der Waals surface area contributed by atoms with Gasteiger partial charge in [0, 0.05) is 25.6 Å². The third-order valence-corrected chi connectivity index (χ3v) is 2.67. The summed E-state index contributed by atoms with van der Waals surface area (Å²) in [6, 6.07) is 0. The minimum Gasteiger partial charge on any atom is -0.381 e. The van der Waals surface area contributed by atoms with E-state index in [0.29, 0.717) is 6.10 Å². The van der Waals surface area contributed by atoms with E-state index in [4.69, 9.17) is 9.47 Å². The van der Waals surface area contributed by atoms with Crippen molar-refractivity contribution in [3.8, 4) is 0 Å². The van der Waals surface area contributed by atoms with Gasteiger partial charge >= 0.3 is 0 Å². The molecular weight excluding hydrogens is 178 g/mol. The Morgan fingerprint density at radius 2 is 1.93 bits per heavy atom. The maximum atomic E-state index is 5.86. The molecule has 3 heteroatoms. The van der Waals surface area contributed by atoms with Gasteiger partial charge in [0.25, 0.3) is 0 Å². The Labute approximate surface area is 86.4 Å². The molecule has 82 valence electrons. The summed E-state index contributed by atoms with van der Waals surface area (Å²) in [6.07, 6.45) is 0.455. The van der Waals surface area contributed by atoms with Gasteiger partial charge < -0.3 is 9.47 Å². The lowest BCUT2D eigenvalue weighted by atomic mass is 10.0. The highest BCUT2D eigenvalue weighted by Crippen LogP contribution is 2.21. The van der Waals surface area contributed by atoms with E-state index in [0.717, 1.165) is 32.2 Å². The summed E-state index contributed by atoms with van der Waals surface area (Å²) in [4.78, 5) is 2.46. The zero-order chi connectivity index (χ0) is 10.2. The van der Waals surface area contributed by atoms with E-state index in [9.17, 15) is 0 Å². The fourth-order valence-corrected chi connectivity index (χ4v) is 2.00. The lowest BCUT2D eigenvalue weighted by molar-refractivity contribution is -0.138. The van der Waals surface area contributed by atoms with Crippen LogP contribution in [0.2, 0.25) is 0 Å². The molecule has 0 unspecified atom stereocenters. The SMILES string of the molecule is CC(C)(C)OC1CN(CC2COC2)C1. The number of nitrogens with zero attached hydrogens (tertiary/aromatic N) is 1. The van der Waals surface area contributed by atoms with E-state index in [1.54, 1.807) is 0 Å². The molecule has 3 nitrogen and oxygen atoms in total. The summed E-state index contributed by atoms with van der Waals surface area (Å²) in [5, 5.41) is 0. The Balaban J connectivity index is 1.59. The van der Waals surface area contributed by atoms with Gasteiger partial charge in [-0.05, 0) is 20.8 Å². The molecule has 0 saturated carbocycles. The third-order valence-electron chi connectivity index (χ3n) is 2.67. The van der Waals surface area contributed by atoms with Crippen LogP contribution in [0.15, 0.2) is 0 Å². The monoisotopic (exact) mass is 199 g/mol. The average Bonchev–Trinajstić information content (AvgIpc) is 1.87. The van der Waals surface area contributed by atoms with Gasteiger partial charge in [0.05, 0.1) is 24.9 Å². The molecule has 14 heavy (non-hydrogen) atoms. The van der Waals surface area contributed by atoms with Crippen LogP contribution in [-0.2, 0) is 9.47 Å². The fourth-order valence-electron chi connectivity index (χ4n) is 2.00. The van der Waals surface area contributed by atoms with E-state index >= 15 is 0 Å². The van der Waals surface area contributed by atoms with E-state index in [-0.39, 0.29) is 5.60 Å². The predicted octanol–water partition coefficient (Wildman–Crippen LogP) is 1.13. The number of hydrogen-bond donors (Lipinski definition) is 0. The summed E-state index contributed by atoms with van der Waals surface area (Å²) in [5.74, 6) is 0.783. The van der Waals surface area contributed by atoms with Gasteiger partial charge in [-0.25, -0.2) is 0 Å². The van der Waals surface area contributed by atoms with Crippen molar-refractivity contribution < 1.29 is 9.47 Å². The van der Waals surface area contributed by atoms with Gasteiger partial charge in [-0.3, -0.25) is 4.90 Å². The molecular formula is C11H21NO2. The summed E-state index contributed by atoms with van der Waals surface area (Å²) >= 11 is 0. The first-order valence-corrected chi connectivity index (χ1v) is 5.51. The first-order chi connectivity index (χ1) is 6.53. The molecule has 0 amide bonds. The van der Waals surface area contributed by atoms with Crippen molar-refractivity contribution in [2.45, 2.75) is 32.5 Å². The highest BCUT2D eigenvalue weighted by atomic mass is 16.5. The first kappa shape index (κ1) is 10.4. The van der Waals surface area contributed by atoms with Crippen molar-refractivity contribution in [2.75, 3.05) is 32.8 Å². The van der Waals surface area contributed by atoms with Gasteiger partial charge in [-0.15, -0.1) is 0 Å². The maximum absolute atomic E-state index is 5.86. The Kier molecular flexibility index (Phi) is 2.82. The standard InChI is InChI=1S/C11H21NO2/c1-11(2,3)14-10-5-12(6-10)4-9-7-13-8-9/h9-10H,4-8H2,1-3H3. The van der Waals surface area contributed by atoms with Crippen LogP contribution >= 0.6 is 0 Å². The van der Waals surface area contributed by atoms with Crippen LogP contribution in [0.3, 0.4) is 0 Å². The molecule has 0 atom stereocenters. The van der Waals surface area contributed by atoms with E-state index in [1.807, 2.05) is 0 Å². The highest BCUT2D eigenvalue weighted by molar-refractivity contribution is 4.85. The number of hydrogen-bond acceptors (Lipinski definition) is 3. The van der Waals surface area contributed by atoms with Crippen LogP contribution in [0.4, 0.5) is 0 Å². The van der Waals surface area contributed by atoms with E-state index < -0.39 is 0 Å². The zero-order valence-corrected chi connectivity index (χ0v) is 9.45. The molecule has 2 rings (SSSR count). The van der Waals surface area contributed by atoms with E-state index in [2.05, 4.69) is 25.7 Å². The molecule has 0 spiro atoms. The topological polar surface area (TPSA) is 21.7 Å². The number of ether oxygens (including phenoxy) is 2. The van der Waals surface area contributed by atoms with Crippen LogP contribution in [0.1, 0.15) is 20.8 Å². The van der Waals surface area contributed by atoms with Gasteiger partial charge in [0.1, 0.15) is 0 Å². The molecule has 0 radical (unpaired) electrons. The van der Waals surface area contributed by atoms with Crippen molar-refractivity contribution in [3.63, 3.8) is 0 Å². The van der Waals surface area contributed by atoms with Gasteiger partial charge in [0.2, 0.25) is 0 Å². The Hall–Kier alpha value is -0.120. The largest absolute Gasteiger partial charge is 0.381 e. The van der Waals surface area contributed by atoms with Crippen molar-refractivity contribution >= 4 is 0 Å². The normalized spacial score (nSPS) is 25.9. The first-order valence-electron chi connectivity index (χ1n) is 5.51. The van der Waals surface area contributed by atoms with Crippen molar-refractivity contribution in [1.29, 1.82) is 0 Å². The van der Waals surface area contributed by atoms with Crippen molar-refractivity contribution in [2.24, 2.45) is 5.92 Å². The molecule has 0 aromatic rings. The third kappa shape index (κ3) is 2.69. The van der Waals surface area contributed by atoms with Gasteiger partial charge in [0.15, 0.2) is 0 Å². The molecule has 2 saturated heterocycles. The Morgan fingerprint density at radius 1 is 1.29 bits per heavy atom. The van der Waals surface area contributed by atoms with Gasteiger partial charge in [-0.2, -0.15) is 0 Å². The van der Waals surface area contributed by atoms with E-state index in [1.165, 1.54) is 6.54 Å². The molecule has 2 fully saturated rings. The van der Waals surface area contributed by atoms with Crippen molar-refractivity contribution in [1.82, 2.24) is 4.90 Å². The molecule has 0 bridgehead atoms. The number of rotatable bonds is 3. The molecule has 0 aromatic heterocycles. The quantitative estimate of drug-likeness (QED) is 0.680. The second-order valence-corrected chi connectivity index (χ2v) is 5.47. The predicted molar refractivity (Wildman–Crippen MR) is 55.4 cm³/mol. The minimum absolute atomic E-state index is 0.0103. The Bertz CT molecular complexity index is 190. The molecule has 2 aliphatic heterocycles. The summed E-state index contributed by atoms with van der Waals surface area (Å²) in [5.41, 5.74) is 0.0103. The maximum Gasteiger partial charge on any atom is 0.0835 e. The summed E-state index contributed by atoms with van der Waals surface area (Å²) < 4.78 is 11.0. The lowest BCUT2D eigenvalue weighted by Gasteiger charge is -2.44. The molecule has 0 aliphatic carbocycles. The molecule has 0 aromatic carbocycles. The lowest BCUT2D eigenvalue weighted by Crippen LogP contribution is -2.57. The number of likely N-dealkylation sites (tertiary alicyclic amines) is 1. The average molecular weight is 199 g/mol. The highest BCUT2D eigenvalue weighted by Gasteiger charge is 2.33. The fraction of sp³-hybridized carbons (Fsp3) is 1.00. The van der Waals surface area contributed by atoms with Crippen molar-refractivity contribution in [3.05, 3.63) is 0 Å². The summed E-state index contributed by atoms with van der Waals surface area (Å²) in [6.45, 7) is 11.7. The summed E-state index contributed by atoms with van der Waals surface area (Å²) in [7, 11) is 0. The second kappa shape index (κ2) is 3.80. The second-order valence-electron chi connectivity index (χ2n) is 5.47. The Morgan fingerprint density at radius 3 is 2.36 bits per heavy atom. The molecule has 2 aliphatic rings. The van der Waals surface area contributed by atoms with Crippen LogP contribution < -0.4 is 0 Å². The van der Waals surface area contributed by atoms with Crippen LogP contribution in [-0.4, -0.2) is 49.5 Å². The zero-order valence-electron chi connectivity index (χ0n) is 9.45. The van der Waals surface area contributed by atoms with Crippen LogP contribution in [0.5, 0.6) is 0 Å². The smallest absolute Gasteiger partial charge is 0.0835 e.